The van der Waals surface area contributed by atoms with Crippen LogP contribution in [0.15, 0.2) is 35.7 Å². The van der Waals surface area contributed by atoms with E-state index in [1.165, 1.54) is 11.8 Å². The summed E-state index contributed by atoms with van der Waals surface area (Å²) in [6, 6.07) is 4.98. The van der Waals surface area contributed by atoms with Gasteiger partial charge in [0.05, 0.1) is 11.7 Å². The van der Waals surface area contributed by atoms with Gasteiger partial charge in [-0.3, -0.25) is 14.5 Å². The molecule has 2 rings (SSSR count). The van der Waals surface area contributed by atoms with E-state index in [9.17, 15) is 9.59 Å². The van der Waals surface area contributed by atoms with Gasteiger partial charge in [0, 0.05) is 18.4 Å². The molecule has 0 aliphatic rings. The molecule has 0 spiro atoms. The fraction of sp³-hybridized carbons (Fsp3) is 0.182. The van der Waals surface area contributed by atoms with Crippen molar-refractivity contribution in [2.75, 3.05) is 5.75 Å². The second-order valence-electron chi connectivity index (χ2n) is 3.55. The molecule has 0 aromatic carbocycles. The zero-order valence-corrected chi connectivity index (χ0v) is 10.3. The van der Waals surface area contributed by atoms with Crippen LogP contribution in [-0.2, 0) is 4.79 Å². The van der Waals surface area contributed by atoms with Crippen LogP contribution in [0.25, 0.3) is 5.52 Å². The summed E-state index contributed by atoms with van der Waals surface area (Å²) >= 11 is 1.45. The molecule has 0 fully saturated rings. The molecule has 2 heterocycles. The maximum absolute atomic E-state index is 11.2. The molecular weight excluding hydrogens is 252 g/mol. The molecular formula is C11H12N4O2S. The summed E-state index contributed by atoms with van der Waals surface area (Å²) in [5.41, 5.74) is 5.84. The van der Waals surface area contributed by atoms with Gasteiger partial charge >= 0.3 is 6.03 Å². The molecule has 0 saturated carbocycles. The Morgan fingerprint density at radius 2 is 2.28 bits per heavy atom. The van der Waals surface area contributed by atoms with Gasteiger partial charge in [-0.05, 0) is 12.1 Å². The molecule has 3 amide bonds. The Kier molecular flexibility index (Phi) is 3.83. The van der Waals surface area contributed by atoms with Crippen molar-refractivity contribution in [2.24, 2.45) is 5.73 Å². The maximum Gasteiger partial charge on any atom is 0.318 e. The number of hydrogen-bond donors (Lipinski definition) is 2. The van der Waals surface area contributed by atoms with Crippen LogP contribution in [0.3, 0.4) is 0 Å². The summed E-state index contributed by atoms with van der Waals surface area (Å²) in [6.07, 6.45) is 3.90. The smallest absolute Gasteiger partial charge is 0.318 e. The van der Waals surface area contributed by atoms with Crippen molar-refractivity contribution in [1.29, 1.82) is 0 Å². The van der Waals surface area contributed by atoms with Crippen LogP contribution in [0.4, 0.5) is 4.79 Å². The number of thioether (sulfide) groups is 1. The summed E-state index contributed by atoms with van der Waals surface area (Å²) in [4.78, 5) is 25.9. The monoisotopic (exact) mass is 264 g/mol. The van der Waals surface area contributed by atoms with Crippen molar-refractivity contribution in [3.63, 3.8) is 0 Å². The fourth-order valence-electron chi connectivity index (χ4n) is 1.46. The second-order valence-corrected chi connectivity index (χ2v) is 4.61. The molecule has 0 radical (unpaired) electrons. The highest BCUT2D eigenvalue weighted by Gasteiger charge is 2.07. The second kappa shape index (κ2) is 5.54. The lowest BCUT2D eigenvalue weighted by Gasteiger charge is -2.01. The van der Waals surface area contributed by atoms with Gasteiger partial charge in [-0.15, -0.1) is 0 Å². The molecule has 0 bridgehead atoms. The zero-order chi connectivity index (χ0) is 13.0. The van der Waals surface area contributed by atoms with Crippen LogP contribution in [0.2, 0.25) is 0 Å². The number of hydrogen-bond acceptors (Lipinski definition) is 4. The number of nitrogens with zero attached hydrogens (tertiary/aromatic N) is 2. The highest BCUT2D eigenvalue weighted by molar-refractivity contribution is 7.99. The number of aromatic nitrogens is 2. The first kappa shape index (κ1) is 12.4. The molecule has 18 heavy (non-hydrogen) atoms. The summed E-state index contributed by atoms with van der Waals surface area (Å²) in [7, 11) is 0. The van der Waals surface area contributed by atoms with Gasteiger partial charge in [0.25, 0.3) is 0 Å². The standard InChI is InChI=1S/C11H12N4O2S/c12-10(17)14-9(16)4-6-18-11-13-7-8-3-1-2-5-15(8)11/h1-3,5,7H,4,6H2,(H3,12,14,16,17). The highest BCUT2D eigenvalue weighted by Crippen LogP contribution is 2.18. The molecule has 0 aliphatic heterocycles. The maximum atomic E-state index is 11.2. The summed E-state index contributed by atoms with van der Waals surface area (Å²) < 4.78 is 1.94. The van der Waals surface area contributed by atoms with Crippen LogP contribution in [-0.4, -0.2) is 27.1 Å². The van der Waals surface area contributed by atoms with Crippen molar-refractivity contribution in [2.45, 2.75) is 11.6 Å². The van der Waals surface area contributed by atoms with E-state index >= 15 is 0 Å². The molecule has 0 saturated heterocycles. The van der Waals surface area contributed by atoms with E-state index in [0.29, 0.717) is 5.75 Å². The average molecular weight is 264 g/mol. The number of nitrogens with one attached hydrogen (secondary N) is 1. The Bertz CT molecular complexity index is 581. The van der Waals surface area contributed by atoms with Crippen LogP contribution < -0.4 is 11.1 Å². The van der Waals surface area contributed by atoms with Crippen LogP contribution >= 0.6 is 11.8 Å². The first-order valence-corrected chi connectivity index (χ1v) is 6.29. The molecule has 0 atom stereocenters. The Morgan fingerprint density at radius 1 is 1.44 bits per heavy atom. The number of imide groups is 1. The number of urea groups is 1. The largest absolute Gasteiger partial charge is 0.351 e. The van der Waals surface area contributed by atoms with Gasteiger partial charge in [-0.25, -0.2) is 9.78 Å². The predicted molar refractivity (Wildman–Crippen MR) is 68.3 cm³/mol. The highest BCUT2D eigenvalue weighted by atomic mass is 32.2. The van der Waals surface area contributed by atoms with Crippen molar-refractivity contribution < 1.29 is 9.59 Å². The molecule has 0 aliphatic carbocycles. The Labute approximate surface area is 108 Å². The molecule has 7 heteroatoms. The van der Waals surface area contributed by atoms with Gasteiger partial charge in [-0.1, -0.05) is 17.8 Å². The lowest BCUT2D eigenvalue weighted by molar-refractivity contribution is -0.119. The Hall–Kier alpha value is -2.02. The number of rotatable bonds is 4. The van der Waals surface area contributed by atoms with E-state index in [-0.39, 0.29) is 12.3 Å². The van der Waals surface area contributed by atoms with Crippen LogP contribution in [0.1, 0.15) is 6.42 Å². The molecule has 2 aromatic heterocycles. The number of carbonyl (C=O) groups excluding carboxylic acids is 2. The third-order valence-electron chi connectivity index (χ3n) is 2.23. The molecule has 94 valence electrons. The van der Waals surface area contributed by atoms with Crippen LogP contribution in [0.5, 0.6) is 0 Å². The lowest BCUT2D eigenvalue weighted by atomic mass is 10.4. The van der Waals surface area contributed by atoms with Gasteiger partial charge < -0.3 is 5.73 Å². The molecule has 3 N–H and O–H groups in total. The normalized spacial score (nSPS) is 10.4. The molecule has 2 aromatic rings. The third kappa shape index (κ3) is 3.01. The van der Waals surface area contributed by atoms with Gasteiger partial charge in [-0.2, -0.15) is 0 Å². The van der Waals surface area contributed by atoms with E-state index in [4.69, 9.17) is 5.73 Å². The minimum absolute atomic E-state index is 0.218. The van der Waals surface area contributed by atoms with Crippen molar-refractivity contribution in [3.8, 4) is 0 Å². The fourth-order valence-corrected chi connectivity index (χ4v) is 2.36. The minimum atomic E-state index is -0.823. The van der Waals surface area contributed by atoms with Crippen molar-refractivity contribution in [1.82, 2.24) is 14.7 Å². The first-order valence-electron chi connectivity index (χ1n) is 5.31. The minimum Gasteiger partial charge on any atom is -0.351 e. The first-order chi connectivity index (χ1) is 8.66. The average Bonchev–Trinajstić information content (AvgIpc) is 2.72. The van der Waals surface area contributed by atoms with Crippen LogP contribution in [0, 0.1) is 0 Å². The predicted octanol–water partition coefficient (Wildman–Crippen LogP) is 1.01. The number of primary amides is 1. The molecule has 6 nitrogen and oxygen atoms in total. The number of fused-ring (bicyclic) bond motifs is 1. The lowest BCUT2D eigenvalue weighted by Crippen LogP contribution is -2.35. The van der Waals surface area contributed by atoms with E-state index < -0.39 is 6.03 Å². The Balaban J connectivity index is 1.91. The number of pyridine rings is 1. The van der Waals surface area contributed by atoms with Crippen molar-refractivity contribution >= 4 is 29.2 Å². The Morgan fingerprint density at radius 3 is 3.06 bits per heavy atom. The summed E-state index contributed by atoms with van der Waals surface area (Å²) in [5.74, 6) is 0.156. The van der Waals surface area contributed by atoms with Gasteiger partial charge in [0.2, 0.25) is 5.91 Å². The summed E-state index contributed by atoms with van der Waals surface area (Å²) in [5, 5.41) is 2.84. The van der Waals surface area contributed by atoms with Gasteiger partial charge in [0.15, 0.2) is 5.16 Å². The van der Waals surface area contributed by atoms with E-state index in [0.717, 1.165) is 10.7 Å². The number of imidazole rings is 1. The number of nitrogens with two attached hydrogens (primary N) is 1. The van der Waals surface area contributed by atoms with E-state index in [1.54, 1.807) is 6.20 Å². The summed E-state index contributed by atoms with van der Waals surface area (Å²) in [6.45, 7) is 0. The topological polar surface area (TPSA) is 89.5 Å². The SMILES string of the molecule is NC(=O)NC(=O)CCSc1ncc2ccccn12. The van der Waals surface area contributed by atoms with Gasteiger partial charge in [0.1, 0.15) is 0 Å². The molecule has 0 unspecified atom stereocenters. The quantitative estimate of drug-likeness (QED) is 0.806. The zero-order valence-electron chi connectivity index (χ0n) is 9.50. The number of carbonyl (C=O) groups is 2. The van der Waals surface area contributed by atoms with E-state index in [1.807, 2.05) is 34.1 Å². The van der Waals surface area contributed by atoms with Crippen molar-refractivity contribution in [3.05, 3.63) is 30.6 Å². The number of amides is 3. The third-order valence-corrected chi connectivity index (χ3v) is 3.20. The van der Waals surface area contributed by atoms with E-state index in [2.05, 4.69) is 4.98 Å².